The number of carbonyl (C=O) groups excluding carboxylic acids is 4. The largest absolute Gasteiger partial charge is 0.370 e. The molecule has 8 heteroatoms. The Morgan fingerprint density at radius 2 is 1.66 bits per heavy atom. The van der Waals surface area contributed by atoms with Gasteiger partial charge >= 0.3 is 0 Å². The number of imide groups is 2. The van der Waals surface area contributed by atoms with Crippen molar-refractivity contribution < 1.29 is 19.2 Å². The lowest BCUT2D eigenvalue weighted by Gasteiger charge is -2.46. The van der Waals surface area contributed by atoms with Gasteiger partial charge in [0.15, 0.2) is 0 Å². The number of carbonyl (C=O) groups is 4. The molecule has 5 rings (SSSR count). The Morgan fingerprint density at radius 1 is 0.897 bits per heavy atom. The van der Waals surface area contributed by atoms with E-state index in [1.54, 1.807) is 12.1 Å². The third-order valence-corrected chi connectivity index (χ3v) is 6.75. The molecule has 4 amide bonds. The molecular weight excluding hydrogens is 372 g/mol. The van der Waals surface area contributed by atoms with Gasteiger partial charge in [-0.25, -0.2) is 0 Å². The Hall–Kier alpha value is -2.74. The van der Waals surface area contributed by atoms with Gasteiger partial charge in [0.1, 0.15) is 6.04 Å². The Morgan fingerprint density at radius 3 is 2.38 bits per heavy atom. The summed E-state index contributed by atoms with van der Waals surface area (Å²) >= 11 is 0. The van der Waals surface area contributed by atoms with E-state index in [1.165, 1.54) is 12.8 Å². The van der Waals surface area contributed by atoms with Crippen molar-refractivity contribution in [1.82, 2.24) is 15.5 Å². The van der Waals surface area contributed by atoms with E-state index in [0.29, 0.717) is 23.0 Å². The van der Waals surface area contributed by atoms with Crippen LogP contribution >= 0.6 is 0 Å². The second kappa shape index (κ2) is 6.95. The van der Waals surface area contributed by atoms with Crippen molar-refractivity contribution in [3.05, 3.63) is 29.3 Å². The molecular formula is C21H24N4O4. The molecule has 0 radical (unpaired) electrons. The summed E-state index contributed by atoms with van der Waals surface area (Å²) in [5.41, 5.74) is 1.52. The van der Waals surface area contributed by atoms with Crippen molar-refractivity contribution in [1.29, 1.82) is 0 Å². The monoisotopic (exact) mass is 396 g/mol. The van der Waals surface area contributed by atoms with Crippen molar-refractivity contribution in [2.75, 3.05) is 31.1 Å². The van der Waals surface area contributed by atoms with Crippen molar-refractivity contribution >= 4 is 29.3 Å². The average molecular weight is 396 g/mol. The summed E-state index contributed by atoms with van der Waals surface area (Å²) in [5, 5.41) is 5.63. The fourth-order valence-corrected chi connectivity index (χ4v) is 5.08. The number of fused-ring (bicyclic) bond motifs is 1. The minimum Gasteiger partial charge on any atom is -0.370 e. The first-order chi connectivity index (χ1) is 14.0. The summed E-state index contributed by atoms with van der Waals surface area (Å²) in [6, 6.07) is 4.41. The highest BCUT2D eigenvalue weighted by Gasteiger charge is 2.47. The highest BCUT2D eigenvalue weighted by atomic mass is 16.2. The van der Waals surface area contributed by atoms with Gasteiger partial charge in [0.25, 0.3) is 11.8 Å². The fraction of sp³-hybridized carbons (Fsp3) is 0.524. The first-order valence-corrected chi connectivity index (χ1v) is 10.3. The number of benzene rings is 1. The van der Waals surface area contributed by atoms with Gasteiger partial charge in [-0.1, -0.05) is 6.07 Å². The minimum atomic E-state index is -0.924. The summed E-state index contributed by atoms with van der Waals surface area (Å²) < 4.78 is 0. The van der Waals surface area contributed by atoms with Crippen molar-refractivity contribution in [2.24, 2.45) is 11.8 Å². The van der Waals surface area contributed by atoms with Crippen LogP contribution < -0.4 is 15.5 Å². The van der Waals surface area contributed by atoms with Gasteiger partial charge in [0, 0.05) is 19.5 Å². The number of amides is 4. The Kier molecular flexibility index (Phi) is 4.38. The number of hydrogen-bond acceptors (Lipinski definition) is 6. The molecule has 1 aromatic carbocycles. The number of hydrogen-bond donors (Lipinski definition) is 2. The summed E-state index contributed by atoms with van der Waals surface area (Å²) in [7, 11) is 0. The van der Waals surface area contributed by atoms with Crippen LogP contribution in [0.1, 0.15) is 46.4 Å². The average Bonchev–Trinajstić information content (AvgIpc) is 2.93. The number of rotatable bonds is 3. The number of anilines is 1. The van der Waals surface area contributed by atoms with Gasteiger partial charge in [0.2, 0.25) is 11.8 Å². The van der Waals surface area contributed by atoms with Crippen LogP contribution in [0.2, 0.25) is 0 Å². The third kappa shape index (κ3) is 2.93. The molecule has 1 atom stereocenters. The molecule has 2 N–H and O–H groups in total. The number of piperidine rings is 2. The van der Waals surface area contributed by atoms with Crippen LogP contribution in [-0.2, 0) is 9.59 Å². The van der Waals surface area contributed by atoms with E-state index in [0.717, 1.165) is 36.8 Å². The zero-order valence-electron chi connectivity index (χ0n) is 16.1. The van der Waals surface area contributed by atoms with Crippen molar-refractivity contribution in [3.63, 3.8) is 0 Å². The molecule has 4 aliphatic heterocycles. The molecule has 0 aliphatic carbocycles. The van der Waals surface area contributed by atoms with Gasteiger partial charge in [-0.2, -0.15) is 0 Å². The lowest BCUT2D eigenvalue weighted by molar-refractivity contribution is -0.136. The highest BCUT2D eigenvalue weighted by molar-refractivity contribution is 6.25. The van der Waals surface area contributed by atoms with Gasteiger partial charge in [-0.15, -0.1) is 0 Å². The molecule has 0 spiro atoms. The second-order valence-corrected chi connectivity index (χ2v) is 8.40. The third-order valence-electron chi connectivity index (χ3n) is 6.75. The second-order valence-electron chi connectivity index (χ2n) is 8.40. The molecule has 1 unspecified atom stereocenters. The molecule has 4 heterocycles. The van der Waals surface area contributed by atoms with E-state index >= 15 is 0 Å². The van der Waals surface area contributed by atoms with Crippen LogP contribution in [0, 0.1) is 11.8 Å². The van der Waals surface area contributed by atoms with E-state index < -0.39 is 23.8 Å². The standard InChI is InChI=1S/C21H24N4O4/c26-17-5-4-16(19(27)23-17)25-20(28)14-2-1-3-15(18(14)21(25)29)24-10-13(11-24)12-6-8-22-9-7-12/h1-3,12-13,16,22H,4-11H2,(H,23,26,27). The minimum absolute atomic E-state index is 0.126. The molecule has 0 bridgehead atoms. The molecule has 8 nitrogen and oxygen atoms in total. The van der Waals surface area contributed by atoms with Crippen LogP contribution in [0.15, 0.2) is 18.2 Å². The number of nitrogens with one attached hydrogen (secondary N) is 2. The van der Waals surface area contributed by atoms with Crippen LogP contribution in [0.25, 0.3) is 0 Å². The molecule has 152 valence electrons. The molecule has 29 heavy (non-hydrogen) atoms. The van der Waals surface area contributed by atoms with Gasteiger partial charge < -0.3 is 10.2 Å². The molecule has 3 fully saturated rings. The maximum atomic E-state index is 13.2. The van der Waals surface area contributed by atoms with Crippen LogP contribution in [0.4, 0.5) is 5.69 Å². The van der Waals surface area contributed by atoms with Crippen molar-refractivity contribution in [3.8, 4) is 0 Å². The Bertz CT molecular complexity index is 902. The van der Waals surface area contributed by atoms with Crippen LogP contribution in [-0.4, -0.2) is 60.7 Å². The zero-order valence-corrected chi connectivity index (χ0v) is 16.1. The highest BCUT2D eigenvalue weighted by Crippen LogP contribution is 2.39. The first kappa shape index (κ1) is 18.3. The summed E-state index contributed by atoms with van der Waals surface area (Å²) in [6.07, 6.45) is 2.67. The normalized spacial score (nSPS) is 25.9. The summed E-state index contributed by atoms with van der Waals surface area (Å²) in [4.78, 5) is 53.0. The lowest BCUT2D eigenvalue weighted by atomic mass is 9.79. The van der Waals surface area contributed by atoms with E-state index in [4.69, 9.17) is 0 Å². The summed E-state index contributed by atoms with van der Waals surface area (Å²) in [6.45, 7) is 3.91. The van der Waals surface area contributed by atoms with Gasteiger partial charge in [-0.05, 0) is 56.3 Å². The van der Waals surface area contributed by atoms with E-state index in [1.807, 2.05) is 6.07 Å². The van der Waals surface area contributed by atoms with E-state index in [2.05, 4.69) is 15.5 Å². The maximum Gasteiger partial charge on any atom is 0.264 e. The predicted octanol–water partition coefficient (Wildman–Crippen LogP) is 0.524. The predicted molar refractivity (Wildman–Crippen MR) is 104 cm³/mol. The molecule has 3 saturated heterocycles. The van der Waals surface area contributed by atoms with Gasteiger partial charge in [0.05, 0.1) is 16.8 Å². The number of nitrogens with zero attached hydrogens (tertiary/aromatic N) is 2. The quantitative estimate of drug-likeness (QED) is 0.723. The molecule has 0 saturated carbocycles. The topological polar surface area (TPSA) is 98.8 Å². The summed E-state index contributed by atoms with van der Waals surface area (Å²) in [5.74, 6) is -0.495. The molecule has 1 aromatic rings. The van der Waals surface area contributed by atoms with Crippen molar-refractivity contribution in [2.45, 2.75) is 31.7 Å². The van der Waals surface area contributed by atoms with Crippen LogP contribution in [0.3, 0.4) is 0 Å². The van der Waals surface area contributed by atoms with Gasteiger partial charge in [-0.3, -0.25) is 29.4 Å². The van der Waals surface area contributed by atoms with Crippen LogP contribution in [0.5, 0.6) is 0 Å². The van der Waals surface area contributed by atoms with E-state index in [-0.39, 0.29) is 18.7 Å². The zero-order chi connectivity index (χ0) is 20.1. The Balaban J connectivity index is 1.37. The maximum absolute atomic E-state index is 13.2. The molecule has 0 aromatic heterocycles. The Labute approximate surface area is 168 Å². The van der Waals surface area contributed by atoms with E-state index in [9.17, 15) is 19.2 Å². The fourth-order valence-electron chi connectivity index (χ4n) is 5.08. The first-order valence-electron chi connectivity index (χ1n) is 10.3. The molecule has 4 aliphatic rings. The lowest BCUT2D eigenvalue weighted by Crippen LogP contribution is -2.54. The SMILES string of the molecule is O=C1CCC(N2C(=O)c3cccc(N4CC(C5CCNCC5)C4)c3C2=O)C(=O)N1. The smallest absolute Gasteiger partial charge is 0.264 e.